The Balaban J connectivity index is 3.25. The van der Waals surface area contributed by atoms with E-state index in [9.17, 15) is 9.59 Å². The van der Waals surface area contributed by atoms with Gasteiger partial charge < -0.3 is 9.47 Å². The molecule has 0 spiro atoms. The number of ketones is 1. The van der Waals surface area contributed by atoms with Crippen molar-refractivity contribution in [3.8, 4) is 5.88 Å². The maximum absolute atomic E-state index is 11.3. The number of nitrogens with zero attached hydrogens (tertiary/aromatic N) is 1. The molecular weight excluding hydrogens is 198 g/mol. The molecule has 0 saturated carbocycles. The van der Waals surface area contributed by atoms with E-state index in [-0.39, 0.29) is 17.2 Å². The maximum Gasteiger partial charge on any atom is 0.343 e. The first-order chi connectivity index (χ1) is 7.10. The Morgan fingerprint density at radius 1 is 1.33 bits per heavy atom. The molecule has 5 nitrogen and oxygen atoms in total. The van der Waals surface area contributed by atoms with Crippen molar-refractivity contribution in [3.63, 3.8) is 0 Å². The molecule has 15 heavy (non-hydrogen) atoms. The minimum absolute atomic E-state index is 0.145. The second kappa shape index (κ2) is 4.54. The molecule has 0 unspecified atom stereocenters. The van der Waals surface area contributed by atoms with Crippen LogP contribution in [0.2, 0.25) is 0 Å². The van der Waals surface area contributed by atoms with Gasteiger partial charge in [-0.15, -0.1) is 0 Å². The number of pyridine rings is 1. The monoisotopic (exact) mass is 209 g/mol. The molecule has 0 saturated heterocycles. The van der Waals surface area contributed by atoms with Gasteiger partial charge in [0.25, 0.3) is 0 Å². The quantitative estimate of drug-likeness (QED) is 0.550. The molecule has 0 atom stereocenters. The number of aromatic nitrogens is 1. The Kier molecular flexibility index (Phi) is 3.38. The fourth-order valence-electron chi connectivity index (χ4n) is 1.06. The Morgan fingerprint density at radius 2 is 2.00 bits per heavy atom. The highest BCUT2D eigenvalue weighted by Gasteiger charge is 2.15. The van der Waals surface area contributed by atoms with Gasteiger partial charge in [-0.2, -0.15) is 0 Å². The second-order valence-corrected chi connectivity index (χ2v) is 2.83. The predicted molar refractivity (Wildman–Crippen MR) is 52.1 cm³/mol. The lowest BCUT2D eigenvalue weighted by molar-refractivity contribution is 0.0596. The number of carbonyl (C=O) groups is 2. The van der Waals surface area contributed by atoms with Crippen LogP contribution in [0.15, 0.2) is 12.3 Å². The van der Waals surface area contributed by atoms with E-state index >= 15 is 0 Å². The summed E-state index contributed by atoms with van der Waals surface area (Å²) in [5.41, 5.74) is 0.490. The van der Waals surface area contributed by atoms with Crippen LogP contribution >= 0.6 is 0 Å². The van der Waals surface area contributed by atoms with Crippen molar-refractivity contribution < 1.29 is 19.1 Å². The molecule has 1 rings (SSSR count). The van der Waals surface area contributed by atoms with Crippen LogP contribution in [-0.2, 0) is 4.74 Å². The molecular formula is C10H11NO4. The first kappa shape index (κ1) is 11.2. The lowest BCUT2D eigenvalue weighted by Crippen LogP contribution is -2.07. The highest BCUT2D eigenvalue weighted by molar-refractivity contribution is 5.98. The number of hydrogen-bond donors (Lipinski definition) is 0. The van der Waals surface area contributed by atoms with Gasteiger partial charge >= 0.3 is 5.97 Å². The number of ether oxygens (including phenoxy) is 2. The zero-order valence-corrected chi connectivity index (χ0v) is 8.73. The van der Waals surface area contributed by atoms with Crippen LogP contribution in [0.5, 0.6) is 5.88 Å². The summed E-state index contributed by atoms with van der Waals surface area (Å²) >= 11 is 0. The molecule has 1 aromatic rings. The van der Waals surface area contributed by atoms with Gasteiger partial charge in [0.1, 0.15) is 5.56 Å². The molecule has 1 heterocycles. The van der Waals surface area contributed by atoms with Gasteiger partial charge in [-0.25, -0.2) is 9.78 Å². The summed E-state index contributed by atoms with van der Waals surface area (Å²) in [6.07, 6.45) is 1.35. The van der Waals surface area contributed by atoms with Crippen molar-refractivity contribution in [2.45, 2.75) is 6.92 Å². The molecule has 5 heteroatoms. The normalized spacial score (nSPS) is 9.53. The molecule has 0 N–H and O–H groups in total. The lowest BCUT2D eigenvalue weighted by atomic mass is 10.1. The van der Waals surface area contributed by atoms with E-state index in [1.807, 2.05) is 0 Å². The van der Waals surface area contributed by atoms with Crippen molar-refractivity contribution in [1.29, 1.82) is 0 Å². The highest BCUT2D eigenvalue weighted by atomic mass is 16.5. The molecule has 0 aliphatic heterocycles. The molecule has 0 fully saturated rings. The van der Waals surface area contributed by atoms with Crippen molar-refractivity contribution in [1.82, 2.24) is 4.98 Å². The summed E-state index contributed by atoms with van der Waals surface area (Å²) in [7, 11) is 2.64. The summed E-state index contributed by atoms with van der Waals surface area (Å²) < 4.78 is 9.42. The van der Waals surface area contributed by atoms with E-state index in [0.717, 1.165) is 0 Å². The summed E-state index contributed by atoms with van der Waals surface area (Å²) in [6.45, 7) is 1.39. The van der Waals surface area contributed by atoms with Gasteiger partial charge in [-0.1, -0.05) is 0 Å². The van der Waals surface area contributed by atoms with E-state index in [4.69, 9.17) is 4.74 Å². The minimum Gasteiger partial charge on any atom is -0.480 e. The SMILES string of the molecule is COC(=O)c1cc(C(C)=O)cnc1OC. The Labute approximate surface area is 87.0 Å². The van der Waals surface area contributed by atoms with Gasteiger partial charge in [0.15, 0.2) is 5.78 Å². The summed E-state index contributed by atoms with van der Waals surface area (Å²) in [4.78, 5) is 26.2. The molecule has 0 aliphatic rings. The van der Waals surface area contributed by atoms with E-state index in [0.29, 0.717) is 5.56 Å². The van der Waals surface area contributed by atoms with Crippen LogP contribution in [0.3, 0.4) is 0 Å². The van der Waals surface area contributed by atoms with Gasteiger partial charge in [-0.05, 0) is 13.0 Å². The van der Waals surface area contributed by atoms with Crippen LogP contribution in [0.25, 0.3) is 0 Å². The number of Topliss-reactive ketones (excluding diaryl/α,β-unsaturated/α-hetero) is 1. The van der Waals surface area contributed by atoms with E-state index in [1.165, 1.54) is 33.4 Å². The third kappa shape index (κ3) is 2.31. The van der Waals surface area contributed by atoms with E-state index in [2.05, 4.69) is 9.72 Å². The number of hydrogen-bond acceptors (Lipinski definition) is 5. The second-order valence-electron chi connectivity index (χ2n) is 2.83. The average molecular weight is 209 g/mol. The third-order valence-electron chi connectivity index (χ3n) is 1.86. The minimum atomic E-state index is -0.581. The van der Waals surface area contributed by atoms with Crippen molar-refractivity contribution >= 4 is 11.8 Å². The zero-order chi connectivity index (χ0) is 11.4. The van der Waals surface area contributed by atoms with Crippen LogP contribution < -0.4 is 4.74 Å². The number of rotatable bonds is 3. The molecule has 0 bridgehead atoms. The molecule has 1 aromatic heterocycles. The number of esters is 1. The van der Waals surface area contributed by atoms with Gasteiger partial charge in [0.05, 0.1) is 14.2 Å². The molecule has 0 aliphatic carbocycles. The van der Waals surface area contributed by atoms with E-state index in [1.54, 1.807) is 0 Å². The first-order valence-electron chi connectivity index (χ1n) is 4.23. The standard InChI is InChI=1S/C10H11NO4/c1-6(12)7-4-8(10(13)15-3)9(14-2)11-5-7/h4-5H,1-3H3. The van der Waals surface area contributed by atoms with Gasteiger partial charge in [0.2, 0.25) is 5.88 Å². The van der Waals surface area contributed by atoms with Crippen molar-refractivity contribution in [2.75, 3.05) is 14.2 Å². The fourth-order valence-corrected chi connectivity index (χ4v) is 1.06. The summed E-state index contributed by atoms with van der Waals surface area (Å²) in [5, 5.41) is 0. The molecule has 0 radical (unpaired) electrons. The van der Waals surface area contributed by atoms with Crippen molar-refractivity contribution in [3.05, 3.63) is 23.4 Å². The molecule has 80 valence electrons. The largest absolute Gasteiger partial charge is 0.480 e. The molecule has 0 amide bonds. The zero-order valence-electron chi connectivity index (χ0n) is 8.73. The fraction of sp³-hybridized carbons (Fsp3) is 0.300. The van der Waals surface area contributed by atoms with Crippen LogP contribution in [0, 0.1) is 0 Å². The lowest BCUT2D eigenvalue weighted by Gasteiger charge is -2.06. The summed E-state index contributed by atoms with van der Waals surface area (Å²) in [5.74, 6) is -0.607. The van der Waals surface area contributed by atoms with E-state index < -0.39 is 5.97 Å². The highest BCUT2D eigenvalue weighted by Crippen LogP contribution is 2.17. The summed E-state index contributed by atoms with van der Waals surface area (Å²) in [6, 6.07) is 1.40. The topological polar surface area (TPSA) is 65.5 Å². The van der Waals surface area contributed by atoms with Crippen LogP contribution in [0.1, 0.15) is 27.6 Å². The van der Waals surface area contributed by atoms with Crippen LogP contribution in [0.4, 0.5) is 0 Å². The predicted octanol–water partition coefficient (Wildman–Crippen LogP) is 1.08. The number of methoxy groups -OCH3 is 2. The smallest absolute Gasteiger partial charge is 0.343 e. The molecule has 0 aromatic carbocycles. The van der Waals surface area contributed by atoms with Crippen molar-refractivity contribution in [2.24, 2.45) is 0 Å². The Bertz CT molecular complexity index is 400. The van der Waals surface area contributed by atoms with Gasteiger partial charge in [0, 0.05) is 11.8 Å². The Morgan fingerprint density at radius 3 is 2.47 bits per heavy atom. The Hall–Kier alpha value is -1.91. The van der Waals surface area contributed by atoms with Gasteiger partial charge in [-0.3, -0.25) is 4.79 Å². The first-order valence-corrected chi connectivity index (χ1v) is 4.23. The maximum atomic E-state index is 11.3. The number of carbonyl (C=O) groups excluding carboxylic acids is 2. The third-order valence-corrected chi connectivity index (χ3v) is 1.86. The average Bonchev–Trinajstić information content (AvgIpc) is 2.27. The van der Waals surface area contributed by atoms with Crippen LogP contribution in [-0.4, -0.2) is 31.0 Å².